The number of esters is 1. The second-order valence-electron chi connectivity index (χ2n) is 8.96. The van der Waals surface area contributed by atoms with Crippen molar-refractivity contribution >= 4 is 11.8 Å². The molecule has 1 aromatic rings. The van der Waals surface area contributed by atoms with Crippen molar-refractivity contribution in [3.05, 3.63) is 41.9 Å². The maximum Gasteiger partial charge on any atom is 0.335 e. The summed E-state index contributed by atoms with van der Waals surface area (Å²) in [6.45, 7) is 3.72. The summed E-state index contributed by atoms with van der Waals surface area (Å²) in [6.07, 6.45) is 7.73. The van der Waals surface area contributed by atoms with Crippen molar-refractivity contribution in [2.75, 3.05) is 0 Å². The van der Waals surface area contributed by atoms with Crippen molar-refractivity contribution in [1.82, 2.24) is 0 Å². The van der Waals surface area contributed by atoms with Gasteiger partial charge in [0.25, 0.3) is 0 Å². The monoisotopic (exact) mass is 428 g/mol. The first-order valence-electron chi connectivity index (χ1n) is 11.5. The molecule has 6 nitrogen and oxygen atoms in total. The van der Waals surface area contributed by atoms with Crippen LogP contribution in [-0.4, -0.2) is 36.2 Å². The number of benzene rings is 1. The predicted octanol–water partition coefficient (Wildman–Crippen LogP) is 4.63. The molecule has 4 rings (SSSR count). The van der Waals surface area contributed by atoms with Gasteiger partial charge in [0.05, 0.1) is 12.0 Å². The number of hydrogen-bond acceptors (Lipinski definition) is 6. The summed E-state index contributed by atoms with van der Waals surface area (Å²) in [5, 5.41) is 0. The van der Waals surface area contributed by atoms with E-state index in [2.05, 4.69) is 0 Å². The van der Waals surface area contributed by atoms with Crippen molar-refractivity contribution in [1.29, 1.82) is 0 Å². The molecule has 4 unspecified atom stereocenters. The molecule has 31 heavy (non-hydrogen) atoms. The van der Waals surface area contributed by atoms with Gasteiger partial charge in [0.15, 0.2) is 6.10 Å². The van der Waals surface area contributed by atoms with Crippen LogP contribution in [0.25, 0.3) is 0 Å². The first-order valence-corrected chi connectivity index (χ1v) is 11.5. The molecular weight excluding hydrogens is 396 g/mol. The fourth-order valence-electron chi connectivity index (χ4n) is 4.72. The molecule has 1 aromatic carbocycles. The zero-order chi connectivity index (χ0) is 21.8. The molecule has 2 aliphatic carbocycles. The molecule has 0 bridgehead atoms. The Morgan fingerprint density at radius 1 is 1.10 bits per heavy atom. The minimum atomic E-state index is -0.612. The van der Waals surface area contributed by atoms with E-state index in [1.54, 1.807) is 6.92 Å². The van der Waals surface area contributed by atoms with E-state index in [4.69, 9.17) is 18.9 Å². The first-order chi connectivity index (χ1) is 15.0. The van der Waals surface area contributed by atoms with E-state index in [0.717, 1.165) is 31.2 Å². The minimum absolute atomic E-state index is 0.0269. The third-order valence-electron chi connectivity index (χ3n) is 6.45. The molecule has 0 radical (unpaired) electrons. The molecule has 3 aliphatic rings. The molecule has 0 saturated heterocycles. The number of fused-ring (bicyclic) bond motifs is 1. The highest BCUT2D eigenvalue weighted by molar-refractivity contribution is 5.96. The summed E-state index contributed by atoms with van der Waals surface area (Å²) >= 11 is 0. The Morgan fingerprint density at radius 2 is 1.90 bits per heavy atom. The summed E-state index contributed by atoms with van der Waals surface area (Å²) < 4.78 is 23.3. The highest BCUT2D eigenvalue weighted by atomic mass is 16.6. The number of ketones is 1. The van der Waals surface area contributed by atoms with Crippen molar-refractivity contribution < 1.29 is 28.5 Å². The van der Waals surface area contributed by atoms with Gasteiger partial charge in [-0.25, -0.2) is 4.79 Å². The SMILES string of the molecule is Cc1cccc(OC2=COC3CC(OC(C)C(=O)OC4CCCCC4)CCC3C2=O)c1. The molecule has 0 spiro atoms. The topological polar surface area (TPSA) is 71.1 Å². The Labute approximate surface area is 183 Å². The summed E-state index contributed by atoms with van der Waals surface area (Å²) in [6, 6.07) is 7.58. The molecule has 0 N–H and O–H groups in total. The highest BCUT2D eigenvalue weighted by Crippen LogP contribution is 2.35. The molecule has 1 aliphatic heterocycles. The number of Topliss-reactive ketones (excluding diaryl/α,β-unsaturated/α-hetero) is 1. The van der Waals surface area contributed by atoms with Gasteiger partial charge >= 0.3 is 5.97 Å². The van der Waals surface area contributed by atoms with Gasteiger partial charge in [0.2, 0.25) is 11.5 Å². The predicted molar refractivity (Wildman–Crippen MR) is 114 cm³/mol. The van der Waals surface area contributed by atoms with Crippen LogP contribution in [0.4, 0.5) is 0 Å². The van der Waals surface area contributed by atoms with Crippen LogP contribution in [0.2, 0.25) is 0 Å². The number of carbonyl (C=O) groups is 2. The Hall–Kier alpha value is -2.34. The van der Waals surface area contributed by atoms with E-state index in [0.29, 0.717) is 25.0 Å². The first kappa shape index (κ1) is 21.9. The maximum atomic E-state index is 12.9. The maximum absolute atomic E-state index is 12.9. The lowest BCUT2D eigenvalue weighted by atomic mass is 9.80. The summed E-state index contributed by atoms with van der Waals surface area (Å²) in [5.41, 5.74) is 1.06. The van der Waals surface area contributed by atoms with E-state index < -0.39 is 6.10 Å². The zero-order valence-electron chi connectivity index (χ0n) is 18.4. The van der Waals surface area contributed by atoms with Gasteiger partial charge in [-0.15, -0.1) is 0 Å². The highest BCUT2D eigenvalue weighted by Gasteiger charge is 2.42. The van der Waals surface area contributed by atoms with Gasteiger partial charge in [-0.1, -0.05) is 18.6 Å². The smallest absolute Gasteiger partial charge is 0.335 e. The van der Waals surface area contributed by atoms with Crippen LogP contribution in [0, 0.1) is 12.8 Å². The number of hydrogen-bond donors (Lipinski definition) is 0. The normalized spacial score (nSPS) is 27.5. The Kier molecular flexibility index (Phi) is 6.96. The van der Waals surface area contributed by atoms with Crippen LogP contribution >= 0.6 is 0 Å². The molecule has 0 aromatic heterocycles. The number of rotatable bonds is 6. The third kappa shape index (κ3) is 5.48. The molecule has 0 amide bonds. The summed E-state index contributed by atoms with van der Waals surface area (Å²) in [4.78, 5) is 25.3. The third-order valence-corrected chi connectivity index (χ3v) is 6.45. The molecule has 6 heteroatoms. The van der Waals surface area contributed by atoms with Crippen LogP contribution in [-0.2, 0) is 23.8 Å². The van der Waals surface area contributed by atoms with Gasteiger partial charge < -0.3 is 18.9 Å². The number of aryl methyl sites for hydroxylation is 1. The van der Waals surface area contributed by atoms with E-state index in [1.807, 2.05) is 31.2 Å². The summed E-state index contributed by atoms with van der Waals surface area (Å²) in [7, 11) is 0. The van der Waals surface area contributed by atoms with Crippen LogP contribution in [0.3, 0.4) is 0 Å². The quantitative estimate of drug-likeness (QED) is 0.615. The number of allylic oxidation sites excluding steroid dienone is 1. The van der Waals surface area contributed by atoms with Crippen LogP contribution in [0.5, 0.6) is 5.75 Å². The van der Waals surface area contributed by atoms with E-state index in [-0.39, 0.29) is 41.7 Å². The average Bonchev–Trinajstić information content (AvgIpc) is 2.76. The Balaban J connectivity index is 1.29. The zero-order valence-corrected chi connectivity index (χ0v) is 18.4. The van der Waals surface area contributed by atoms with E-state index >= 15 is 0 Å². The van der Waals surface area contributed by atoms with Gasteiger partial charge in [0, 0.05) is 6.42 Å². The molecule has 2 fully saturated rings. The van der Waals surface area contributed by atoms with Gasteiger partial charge in [-0.3, -0.25) is 4.79 Å². The van der Waals surface area contributed by atoms with Crippen LogP contribution < -0.4 is 4.74 Å². The van der Waals surface area contributed by atoms with Crippen molar-refractivity contribution in [3.63, 3.8) is 0 Å². The average molecular weight is 429 g/mol. The van der Waals surface area contributed by atoms with E-state index in [1.165, 1.54) is 12.7 Å². The lowest BCUT2D eigenvalue weighted by Gasteiger charge is -2.37. The summed E-state index contributed by atoms with van der Waals surface area (Å²) in [5.74, 6) is 0.318. The standard InChI is InChI=1S/C25H32O6/c1-16-7-6-10-19(13-16)30-23-15-28-22-14-20(11-12-21(22)24(23)26)29-17(2)25(27)31-18-8-4-3-5-9-18/h6-7,10,13,15,17-18,20-22H,3-5,8-9,11-12,14H2,1-2H3. The molecule has 168 valence electrons. The Bertz CT molecular complexity index is 825. The van der Waals surface area contributed by atoms with Crippen molar-refractivity contribution in [2.45, 2.75) is 89.6 Å². The second-order valence-corrected chi connectivity index (χ2v) is 8.96. The number of carbonyl (C=O) groups excluding carboxylic acids is 2. The molecule has 2 saturated carbocycles. The van der Waals surface area contributed by atoms with Crippen LogP contribution in [0.1, 0.15) is 63.9 Å². The van der Waals surface area contributed by atoms with E-state index in [9.17, 15) is 9.59 Å². The second kappa shape index (κ2) is 9.86. The molecule has 4 atom stereocenters. The van der Waals surface area contributed by atoms with Crippen molar-refractivity contribution in [2.24, 2.45) is 5.92 Å². The number of ether oxygens (including phenoxy) is 4. The lowest BCUT2D eigenvalue weighted by molar-refractivity contribution is -0.170. The minimum Gasteiger partial charge on any atom is -0.493 e. The molecule has 1 heterocycles. The Morgan fingerprint density at radius 3 is 2.68 bits per heavy atom. The largest absolute Gasteiger partial charge is 0.493 e. The van der Waals surface area contributed by atoms with Crippen molar-refractivity contribution in [3.8, 4) is 5.75 Å². The fourth-order valence-corrected chi connectivity index (χ4v) is 4.72. The molecular formula is C25H32O6. The fraction of sp³-hybridized carbons (Fsp3) is 0.600. The van der Waals surface area contributed by atoms with Gasteiger partial charge in [0.1, 0.15) is 24.2 Å². The van der Waals surface area contributed by atoms with Gasteiger partial charge in [-0.05, 0) is 70.1 Å². The van der Waals surface area contributed by atoms with Gasteiger partial charge in [-0.2, -0.15) is 0 Å². The lowest BCUT2D eigenvalue weighted by Crippen LogP contribution is -2.44. The van der Waals surface area contributed by atoms with Crippen LogP contribution in [0.15, 0.2) is 36.3 Å².